The largest absolute Gasteiger partial charge is 0.480 e. The van der Waals surface area contributed by atoms with Crippen LogP contribution in [-0.2, 0) is 11.3 Å². The van der Waals surface area contributed by atoms with Crippen LogP contribution in [0, 0.1) is 6.92 Å². The predicted molar refractivity (Wildman–Crippen MR) is 96.3 cm³/mol. The maximum Gasteiger partial charge on any atom is 0.323 e. The van der Waals surface area contributed by atoms with E-state index in [1.165, 1.54) is 11.8 Å². The zero-order valence-electron chi connectivity index (χ0n) is 13.3. The van der Waals surface area contributed by atoms with Gasteiger partial charge in [-0.25, -0.2) is 4.99 Å². The molecule has 1 N–H and O–H groups in total. The zero-order valence-corrected chi connectivity index (χ0v) is 14.1. The van der Waals surface area contributed by atoms with Crippen LogP contribution in [0.4, 0.5) is 5.82 Å². The third-order valence-electron chi connectivity index (χ3n) is 3.56. The van der Waals surface area contributed by atoms with E-state index in [0.29, 0.717) is 16.5 Å². The van der Waals surface area contributed by atoms with Crippen molar-refractivity contribution >= 4 is 47.2 Å². The molecule has 0 saturated carbocycles. The lowest BCUT2D eigenvalue weighted by Crippen LogP contribution is -2.18. The number of carbonyl (C=O) groups is 1. The lowest BCUT2D eigenvalue weighted by molar-refractivity contribution is -0.137. The molecule has 0 saturated heterocycles. The summed E-state index contributed by atoms with van der Waals surface area (Å²) in [5.74, 6) is -0.719. The summed E-state index contributed by atoms with van der Waals surface area (Å²) in [4.78, 5) is 29.0. The van der Waals surface area contributed by atoms with E-state index in [0.717, 1.165) is 10.5 Å². The van der Waals surface area contributed by atoms with E-state index >= 15 is 0 Å². The van der Waals surface area contributed by atoms with Crippen LogP contribution in [0.15, 0.2) is 32.9 Å². The molecule has 0 radical (unpaired) electrons. The molecule has 0 aliphatic carbocycles. The summed E-state index contributed by atoms with van der Waals surface area (Å²) in [6.45, 7) is 6.96. The van der Waals surface area contributed by atoms with Crippen LogP contribution in [-0.4, -0.2) is 28.6 Å². The Morgan fingerprint density at radius 3 is 2.70 bits per heavy atom. The number of aliphatic carboxylic acids is 1. The number of benzene rings is 1. The molecule has 0 aliphatic rings. The van der Waals surface area contributed by atoms with E-state index in [4.69, 9.17) is 0 Å². The molecule has 0 aliphatic heterocycles. The van der Waals surface area contributed by atoms with Gasteiger partial charge in [0.15, 0.2) is 5.43 Å². The Bertz CT molecular complexity index is 882. The van der Waals surface area contributed by atoms with Crippen molar-refractivity contribution in [2.24, 2.45) is 4.99 Å². The van der Waals surface area contributed by atoms with Gasteiger partial charge < -0.3 is 9.67 Å². The smallest absolute Gasteiger partial charge is 0.323 e. The second kappa shape index (κ2) is 6.83. The molecule has 2 aromatic rings. The molecule has 2 rings (SSSR count). The summed E-state index contributed by atoms with van der Waals surface area (Å²) in [6.07, 6.45) is 5.27. The Labute approximate surface area is 138 Å². The number of nitrogens with zero attached hydrogens (tertiary/aromatic N) is 2. The van der Waals surface area contributed by atoms with E-state index in [2.05, 4.69) is 11.7 Å². The highest BCUT2D eigenvalue weighted by Crippen LogP contribution is 2.32. The van der Waals surface area contributed by atoms with Crippen LogP contribution in [0.1, 0.15) is 18.1 Å². The predicted octanol–water partition coefficient (Wildman–Crippen LogP) is 3.48. The molecule has 23 heavy (non-hydrogen) atoms. The van der Waals surface area contributed by atoms with Crippen molar-refractivity contribution in [1.82, 2.24) is 4.57 Å². The van der Waals surface area contributed by atoms with Gasteiger partial charge in [-0.3, -0.25) is 9.59 Å². The SMILES string of the molecule is C=Nc1c(/C=C\C)c(=O)c2ccc(C)c(SC)c2n1CC(=O)O. The second-order valence-corrected chi connectivity index (χ2v) is 5.83. The molecular formula is C17H18N2O3S. The van der Waals surface area contributed by atoms with E-state index < -0.39 is 5.97 Å². The van der Waals surface area contributed by atoms with Gasteiger partial charge in [0.05, 0.1) is 11.1 Å². The molecule has 0 amide bonds. The van der Waals surface area contributed by atoms with Gasteiger partial charge in [0.1, 0.15) is 12.4 Å². The van der Waals surface area contributed by atoms with Gasteiger partial charge in [0, 0.05) is 10.3 Å². The van der Waals surface area contributed by atoms with Gasteiger partial charge in [-0.1, -0.05) is 18.2 Å². The normalized spacial score (nSPS) is 11.3. The molecule has 5 nitrogen and oxygen atoms in total. The van der Waals surface area contributed by atoms with Crippen LogP contribution in [0.2, 0.25) is 0 Å². The second-order valence-electron chi connectivity index (χ2n) is 5.02. The molecule has 0 atom stereocenters. The lowest BCUT2D eigenvalue weighted by Gasteiger charge is -2.18. The number of aromatic nitrogens is 1. The fraction of sp³-hybridized carbons (Fsp3) is 0.235. The maximum atomic E-state index is 12.8. The molecule has 1 heterocycles. The number of aryl methyl sites for hydroxylation is 1. The average Bonchev–Trinajstić information content (AvgIpc) is 2.51. The minimum absolute atomic E-state index is 0.169. The van der Waals surface area contributed by atoms with Crippen molar-refractivity contribution < 1.29 is 9.90 Å². The van der Waals surface area contributed by atoms with E-state index in [-0.39, 0.29) is 17.8 Å². The van der Waals surface area contributed by atoms with Gasteiger partial charge in [0.2, 0.25) is 0 Å². The molecule has 1 aromatic carbocycles. The minimum atomic E-state index is -1.00. The molecule has 1 aromatic heterocycles. The summed E-state index contributed by atoms with van der Waals surface area (Å²) in [6, 6.07) is 3.62. The third-order valence-corrected chi connectivity index (χ3v) is 4.49. The van der Waals surface area contributed by atoms with Crippen molar-refractivity contribution in [3.8, 4) is 0 Å². The standard InChI is InChI=1S/C17H18N2O3S/c1-5-6-12-15(22)11-8-7-10(2)16(23-4)14(11)19(9-13(20)21)17(12)18-3/h5-8H,3,9H2,1-2,4H3,(H,20,21)/b6-5-. The van der Waals surface area contributed by atoms with Crippen molar-refractivity contribution in [2.75, 3.05) is 6.26 Å². The molecule has 0 spiro atoms. The number of allylic oxidation sites excluding steroid dienone is 1. The maximum absolute atomic E-state index is 12.8. The highest BCUT2D eigenvalue weighted by atomic mass is 32.2. The Hall–Kier alpha value is -2.34. The highest BCUT2D eigenvalue weighted by molar-refractivity contribution is 7.98. The van der Waals surface area contributed by atoms with Crippen LogP contribution in [0.3, 0.4) is 0 Å². The first-order chi connectivity index (χ1) is 11.0. The van der Waals surface area contributed by atoms with Gasteiger partial charge >= 0.3 is 5.97 Å². The number of carboxylic acids is 1. The number of aliphatic imine (C=N–C) groups is 1. The first-order valence-electron chi connectivity index (χ1n) is 7.01. The summed E-state index contributed by atoms with van der Waals surface area (Å²) in [7, 11) is 0. The summed E-state index contributed by atoms with van der Waals surface area (Å²) in [5, 5.41) is 9.77. The third kappa shape index (κ3) is 2.94. The van der Waals surface area contributed by atoms with Gasteiger partial charge in [-0.2, -0.15) is 0 Å². The van der Waals surface area contributed by atoms with Crippen molar-refractivity contribution in [3.63, 3.8) is 0 Å². The van der Waals surface area contributed by atoms with Gasteiger partial charge in [-0.15, -0.1) is 11.8 Å². The Kier molecular flexibility index (Phi) is 5.05. The topological polar surface area (TPSA) is 71.7 Å². The lowest BCUT2D eigenvalue weighted by atomic mass is 10.1. The van der Waals surface area contributed by atoms with E-state index in [1.807, 2.05) is 19.2 Å². The molecule has 0 unspecified atom stereocenters. The van der Waals surface area contributed by atoms with Crippen LogP contribution in [0.5, 0.6) is 0 Å². The summed E-state index contributed by atoms with van der Waals surface area (Å²) in [5.41, 5.74) is 1.77. The first kappa shape index (κ1) is 17.0. The number of hydrogen-bond acceptors (Lipinski definition) is 4. The van der Waals surface area contributed by atoms with Crippen LogP contribution in [0.25, 0.3) is 17.0 Å². The van der Waals surface area contributed by atoms with Crippen molar-refractivity contribution in [2.45, 2.75) is 25.3 Å². The monoisotopic (exact) mass is 330 g/mol. The molecule has 0 bridgehead atoms. The fourth-order valence-corrected chi connectivity index (χ4v) is 3.46. The molecule has 0 fully saturated rings. The highest BCUT2D eigenvalue weighted by Gasteiger charge is 2.19. The Balaban J connectivity index is 3.13. The number of fused-ring (bicyclic) bond motifs is 1. The number of pyridine rings is 1. The number of carboxylic acid groups (broad SMARTS) is 1. The van der Waals surface area contributed by atoms with Crippen LogP contribution < -0.4 is 5.43 Å². The van der Waals surface area contributed by atoms with Crippen LogP contribution >= 0.6 is 11.8 Å². The van der Waals surface area contributed by atoms with Gasteiger partial charge in [-0.05, 0) is 38.5 Å². The number of hydrogen-bond donors (Lipinski definition) is 1. The molecule has 6 heteroatoms. The van der Waals surface area contributed by atoms with Crippen molar-refractivity contribution in [1.29, 1.82) is 0 Å². The quantitative estimate of drug-likeness (QED) is 0.673. The minimum Gasteiger partial charge on any atom is -0.480 e. The van der Waals surface area contributed by atoms with Crippen molar-refractivity contribution in [3.05, 3.63) is 39.6 Å². The van der Waals surface area contributed by atoms with E-state index in [9.17, 15) is 14.7 Å². The van der Waals surface area contributed by atoms with E-state index in [1.54, 1.807) is 29.7 Å². The number of thioether (sulfide) groups is 1. The summed E-state index contributed by atoms with van der Waals surface area (Å²) >= 11 is 1.48. The first-order valence-corrected chi connectivity index (χ1v) is 8.24. The molecule has 120 valence electrons. The van der Waals surface area contributed by atoms with Gasteiger partial charge in [0.25, 0.3) is 0 Å². The number of rotatable bonds is 5. The fourth-order valence-electron chi connectivity index (χ4n) is 2.66. The molecular weight excluding hydrogens is 312 g/mol. The Morgan fingerprint density at radius 2 is 2.17 bits per heavy atom. The Morgan fingerprint density at radius 1 is 1.48 bits per heavy atom. The average molecular weight is 330 g/mol. The summed E-state index contributed by atoms with van der Waals surface area (Å²) < 4.78 is 1.56. The zero-order chi connectivity index (χ0) is 17.1.